The van der Waals surface area contributed by atoms with Crippen LogP contribution in [0.15, 0.2) is 29.3 Å². The van der Waals surface area contributed by atoms with Crippen molar-refractivity contribution >= 4 is 6.21 Å². The molecule has 0 unspecified atom stereocenters. The first kappa shape index (κ1) is 7.35. The lowest BCUT2D eigenvalue weighted by Crippen LogP contribution is -2.28. The standard InChI is InChI=1S/C10H11NO/c1-10(2)11-7-8-5-3-4-6-9(8)12-10/h3-7H,1-2H3. The molecule has 0 saturated heterocycles. The van der Waals surface area contributed by atoms with Crippen LogP contribution in [0.5, 0.6) is 5.75 Å². The minimum Gasteiger partial charge on any atom is -0.466 e. The Kier molecular flexibility index (Phi) is 1.43. The molecule has 1 aromatic rings. The lowest BCUT2D eigenvalue weighted by atomic mass is 10.1. The number of hydrogen-bond donors (Lipinski definition) is 0. The highest BCUT2D eigenvalue weighted by atomic mass is 16.5. The van der Waals surface area contributed by atoms with Crippen molar-refractivity contribution in [2.45, 2.75) is 19.6 Å². The molecule has 2 heteroatoms. The summed E-state index contributed by atoms with van der Waals surface area (Å²) in [5, 5.41) is 0. The third-order valence-electron chi connectivity index (χ3n) is 1.79. The van der Waals surface area contributed by atoms with E-state index in [0.717, 1.165) is 11.3 Å². The quantitative estimate of drug-likeness (QED) is 0.571. The van der Waals surface area contributed by atoms with Gasteiger partial charge >= 0.3 is 0 Å². The predicted molar refractivity (Wildman–Crippen MR) is 48.7 cm³/mol. The summed E-state index contributed by atoms with van der Waals surface area (Å²) in [6.07, 6.45) is 1.86. The van der Waals surface area contributed by atoms with Crippen LogP contribution in [0.1, 0.15) is 19.4 Å². The monoisotopic (exact) mass is 161 g/mol. The molecule has 0 saturated carbocycles. The van der Waals surface area contributed by atoms with E-state index in [1.165, 1.54) is 0 Å². The predicted octanol–water partition coefficient (Wildman–Crippen LogP) is 2.23. The highest BCUT2D eigenvalue weighted by Crippen LogP contribution is 2.26. The van der Waals surface area contributed by atoms with Crippen molar-refractivity contribution in [3.8, 4) is 5.75 Å². The number of nitrogens with zero attached hydrogens (tertiary/aromatic N) is 1. The highest BCUT2D eigenvalue weighted by Gasteiger charge is 2.21. The first-order valence-electron chi connectivity index (χ1n) is 4.01. The molecule has 0 aliphatic carbocycles. The number of rotatable bonds is 0. The first-order chi connectivity index (χ1) is 5.67. The van der Waals surface area contributed by atoms with Crippen molar-refractivity contribution < 1.29 is 4.74 Å². The van der Waals surface area contributed by atoms with E-state index >= 15 is 0 Å². The molecule has 0 spiro atoms. The van der Waals surface area contributed by atoms with E-state index in [2.05, 4.69) is 4.99 Å². The third-order valence-corrected chi connectivity index (χ3v) is 1.79. The van der Waals surface area contributed by atoms with Crippen molar-refractivity contribution in [2.24, 2.45) is 4.99 Å². The molecule has 0 radical (unpaired) electrons. The zero-order valence-corrected chi connectivity index (χ0v) is 7.24. The molecule has 0 atom stereocenters. The topological polar surface area (TPSA) is 21.6 Å². The van der Waals surface area contributed by atoms with Crippen LogP contribution in [0.2, 0.25) is 0 Å². The van der Waals surface area contributed by atoms with Crippen LogP contribution in [-0.2, 0) is 0 Å². The molecule has 62 valence electrons. The van der Waals surface area contributed by atoms with Gasteiger partial charge in [-0.2, -0.15) is 0 Å². The van der Waals surface area contributed by atoms with E-state index in [0.29, 0.717) is 0 Å². The summed E-state index contributed by atoms with van der Waals surface area (Å²) >= 11 is 0. The van der Waals surface area contributed by atoms with Gasteiger partial charge in [0.25, 0.3) is 0 Å². The van der Waals surface area contributed by atoms with Crippen LogP contribution in [0.25, 0.3) is 0 Å². The van der Waals surface area contributed by atoms with Crippen LogP contribution in [0.3, 0.4) is 0 Å². The van der Waals surface area contributed by atoms with E-state index in [4.69, 9.17) is 4.74 Å². The minimum atomic E-state index is -0.408. The third kappa shape index (κ3) is 1.20. The van der Waals surface area contributed by atoms with Gasteiger partial charge in [0, 0.05) is 11.8 Å². The second kappa shape index (κ2) is 2.34. The molecule has 0 amide bonds. The maximum absolute atomic E-state index is 5.62. The molecule has 0 fully saturated rings. The molecular formula is C10H11NO. The molecule has 0 N–H and O–H groups in total. The minimum absolute atomic E-state index is 0.408. The van der Waals surface area contributed by atoms with Gasteiger partial charge in [0.15, 0.2) is 5.72 Å². The van der Waals surface area contributed by atoms with Gasteiger partial charge in [0.1, 0.15) is 5.75 Å². The van der Waals surface area contributed by atoms with E-state index in [-0.39, 0.29) is 0 Å². The number of para-hydroxylation sites is 1. The Morgan fingerprint density at radius 1 is 1.25 bits per heavy atom. The van der Waals surface area contributed by atoms with Crippen LogP contribution in [-0.4, -0.2) is 11.9 Å². The zero-order chi connectivity index (χ0) is 8.60. The second-order valence-corrected chi connectivity index (χ2v) is 3.34. The molecule has 0 aromatic heterocycles. The van der Waals surface area contributed by atoms with E-state index in [1.807, 2.05) is 44.3 Å². The summed E-state index contributed by atoms with van der Waals surface area (Å²) in [5.74, 6) is 0.914. The fraction of sp³-hybridized carbons (Fsp3) is 0.300. The van der Waals surface area contributed by atoms with Crippen LogP contribution in [0.4, 0.5) is 0 Å². The lowest BCUT2D eigenvalue weighted by molar-refractivity contribution is 0.116. The smallest absolute Gasteiger partial charge is 0.194 e. The zero-order valence-electron chi connectivity index (χ0n) is 7.24. The maximum atomic E-state index is 5.62. The second-order valence-electron chi connectivity index (χ2n) is 3.34. The van der Waals surface area contributed by atoms with Gasteiger partial charge in [-0.25, -0.2) is 4.99 Å². The summed E-state index contributed by atoms with van der Waals surface area (Å²) < 4.78 is 5.62. The van der Waals surface area contributed by atoms with Crippen molar-refractivity contribution in [1.29, 1.82) is 0 Å². The van der Waals surface area contributed by atoms with Gasteiger partial charge in [-0.3, -0.25) is 0 Å². The van der Waals surface area contributed by atoms with Crippen molar-refractivity contribution in [2.75, 3.05) is 0 Å². The fourth-order valence-corrected chi connectivity index (χ4v) is 1.20. The van der Waals surface area contributed by atoms with Crippen LogP contribution >= 0.6 is 0 Å². The van der Waals surface area contributed by atoms with Crippen molar-refractivity contribution in [3.05, 3.63) is 29.8 Å². The Morgan fingerprint density at radius 2 is 2.00 bits per heavy atom. The van der Waals surface area contributed by atoms with Crippen molar-refractivity contribution in [3.63, 3.8) is 0 Å². The van der Waals surface area contributed by atoms with E-state index in [1.54, 1.807) is 0 Å². The Balaban J connectivity index is 2.46. The normalized spacial score (nSPS) is 18.2. The number of benzene rings is 1. The van der Waals surface area contributed by atoms with Crippen LogP contribution < -0.4 is 4.74 Å². The van der Waals surface area contributed by atoms with Gasteiger partial charge in [0.05, 0.1) is 0 Å². The number of hydrogen-bond acceptors (Lipinski definition) is 2. The summed E-state index contributed by atoms with van der Waals surface area (Å²) in [7, 11) is 0. The largest absolute Gasteiger partial charge is 0.466 e. The van der Waals surface area contributed by atoms with Crippen molar-refractivity contribution in [1.82, 2.24) is 0 Å². The average molecular weight is 161 g/mol. The molecule has 2 rings (SSSR count). The van der Waals surface area contributed by atoms with E-state index in [9.17, 15) is 0 Å². The SMILES string of the molecule is CC1(C)N=Cc2ccccc2O1. The molecule has 1 aliphatic heterocycles. The van der Waals surface area contributed by atoms with Crippen LogP contribution in [0, 0.1) is 0 Å². The summed E-state index contributed by atoms with van der Waals surface area (Å²) in [5.41, 5.74) is 0.644. The van der Waals surface area contributed by atoms with E-state index < -0.39 is 5.72 Å². The number of ether oxygens (including phenoxy) is 1. The average Bonchev–Trinajstić information content (AvgIpc) is 2.02. The van der Waals surface area contributed by atoms with Gasteiger partial charge < -0.3 is 4.74 Å². The Labute approximate surface area is 71.9 Å². The molecule has 1 aromatic carbocycles. The molecule has 12 heavy (non-hydrogen) atoms. The Morgan fingerprint density at radius 3 is 2.83 bits per heavy atom. The van der Waals surface area contributed by atoms with Gasteiger partial charge in [-0.15, -0.1) is 0 Å². The summed E-state index contributed by atoms with van der Waals surface area (Å²) in [4.78, 5) is 4.26. The lowest BCUT2D eigenvalue weighted by Gasteiger charge is -2.26. The van der Waals surface area contributed by atoms with Gasteiger partial charge in [0.2, 0.25) is 0 Å². The summed E-state index contributed by atoms with van der Waals surface area (Å²) in [6, 6.07) is 7.90. The molecule has 1 aliphatic rings. The highest BCUT2D eigenvalue weighted by molar-refractivity contribution is 5.84. The first-order valence-corrected chi connectivity index (χ1v) is 4.01. The number of aliphatic imine (C=N–C) groups is 1. The maximum Gasteiger partial charge on any atom is 0.194 e. The number of fused-ring (bicyclic) bond motifs is 1. The summed E-state index contributed by atoms with van der Waals surface area (Å²) in [6.45, 7) is 3.89. The molecule has 0 bridgehead atoms. The van der Waals surface area contributed by atoms with Gasteiger partial charge in [-0.05, 0) is 26.0 Å². The Hall–Kier alpha value is -1.31. The fourth-order valence-electron chi connectivity index (χ4n) is 1.20. The van der Waals surface area contributed by atoms with Gasteiger partial charge in [-0.1, -0.05) is 12.1 Å². The molecule has 2 nitrogen and oxygen atoms in total. The molecular weight excluding hydrogens is 150 g/mol. The molecule has 1 heterocycles. The Bertz CT molecular complexity index is 328.